The van der Waals surface area contributed by atoms with E-state index in [0.29, 0.717) is 5.92 Å². The molecule has 0 unspecified atom stereocenters. The molecule has 0 aromatic carbocycles. The summed E-state index contributed by atoms with van der Waals surface area (Å²) in [6.07, 6.45) is 2.53. The first kappa shape index (κ1) is 9.52. The molecule has 12 heavy (non-hydrogen) atoms. The number of carbonyl (C=O) groups excluding carboxylic acids is 1. The molecule has 0 radical (unpaired) electrons. The summed E-state index contributed by atoms with van der Waals surface area (Å²) < 4.78 is 4.68. The van der Waals surface area contributed by atoms with Crippen molar-refractivity contribution in [2.75, 3.05) is 13.7 Å². The zero-order valence-electron chi connectivity index (χ0n) is 7.67. The zero-order chi connectivity index (χ0) is 9.19. The van der Waals surface area contributed by atoms with Crippen LogP contribution < -0.4 is 0 Å². The van der Waals surface area contributed by atoms with Crippen LogP contribution in [-0.2, 0) is 9.53 Å². The maximum Gasteiger partial charge on any atom is 0.311 e. The fraction of sp³-hybridized carbons (Fsp3) is 0.889. The molecule has 0 atom stereocenters. The molecule has 3 nitrogen and oxygen atoms in total. The fourth-order valence-corrected chi connectivity index (χ4v) is 2.01. The highest BCUT2D eigenvalue weighted by Gasteiger charge is 2.46. The maximum absolute atomic E-state index is 11.2. The van der Waals surface area contributed by atoms with Crippen LogP contribution in [0, 0.1) is 11.3 Å². The highest BCUT2D eigenvalue weighted by Crippen LogP contribution is 2.47. The highest BCUT2D eigenvalue weighted by molar-refractivity contribution is 5.77. The number of carbonyl (C=O) groups is 1. The largest absolute Gasteiger partial charge is 0.469 e. The Hall–Kier alpha value is -0.570. The molecule has 0 aromatic heterocycles. The summed E-state index contributed by atoms with van der Waals surface area (Å²) in [5.41, 5.74) is -0.269. The Bertz CT molecular complexity index is 171. The summed E-state index contributed by atoms with van der Waals surface area (Å²) in [5, 5.41) is 8.65. The Labute approximate surface area is 72.7 Å². The molecule has 0 aliphatic heterocycles. The van der Waals surface area contributed by atoms with Crippen LogP contribution >= 0.6 is 0 Å². The van der Waals surface area contributed by atoms with Crippen LogP contribution in [0.15, 0.2) is 0 Å². The van der Waals surface area contributed by atoms with E-state index >= 15 is 0 Å². The van der Waals surface area contributed by atoms with E-state index in [0.717, 1.165) is 19.3 Å². The molecule has 1 N–H and O–H groups in total. The van der Waals surface area contributed by atoms with Crippen molar-refractivity contribution in [3.8, 4) is 0 Å². The minimum absolute atomic E-state index is 0.114. The number of methoxy groups -OCH3 is 1. The lowest BCUT2D eigenvalue weighted by atomic mass is 9.62. The van der Waals surface area contributed by atoms with Crippen LogP contribution in [0.25, 0.3) is 0 Å². The summed E-state index contributed by atoms with van der Waals surface area (Å²) >= 11 is 0. The van der Waals surface area contributed by atoms with Gasteiger partial charge >= 0.3 is 5.97 Å². The van der Waals surface area contributed by atoms with Gasteiger partial charge in [-0.15, -0.1) is 0 Å². The van der Waals surface area contributed by atoms with Gasteiger partial charge in [0, 0.05) is 6.61 Å². The van der Waals surface area contributed by atoms with Gasteiger partial charge in [-0.3, -0.25) is 4.79 Å². The minimum Gasteiger partial charge on any atom is -0.469 e. The van der Waals surface area contributed by atoms with Crippen LogP contribution in [0.1, 0.15) is 26.2 Å². The van der Waals surface area contributed by atoms with Gasteiger partial charge in [0.25, 0.3) is 0 Å². The number of aliphatic hydroxyl groups excluding tert-OH is 1. The van der Waals surface area contributed by atoms with E-state index in [1.165, 1.54) is 7.11 Å². The van der Waals surface area contributed by atoms with Gasteiger partial charge in [-0.1, -0.05) is 0 Å². The first-order chi connectivity index (χ1) is 5.62. The third-order valence-electron chi connectivity index (χ3n) is 2.69. The number of aliphatic hydroxyl groups is 1. The van der Waals surface area contributed by atoms with Crippen molar-refractivity contribution < 1.29 is 14.6 Å². The minimum atomic E-state index is -0.269. The van der Waals surface area contributed by atoms with Crippen molar-refractivity contribution >= 4 is 5.97 Å². The molecule has 0 saturated heterocycles. The Balaban J connectivity index is 2.34. The Morgan fingerprint density at radius 1 is 1.67 bits per heavy atom. The normalized spacial score (nSPS) is 34.1. The Morgan fingerprint density at radius 2 is 2.25 bits per heavy atom. The lowest BCUT2D eigenvalue weighted by Crippen LogP contribution is -2.42. The molecule has 3 heteroatoms. The molecule has 0 bridgehead atoms. The van der Waals surface area contributed by atoms with Gasteiger partial charge in [0.2, 0.25) is 0 Å². The molecule has 1 saturated carbocycles. The van der Waals surface area contributed by atoms with Crippen LogP contribution in [-0.4, -0.2) is 24.8 Å². The number of rotatable bonds is 3. The number of hydrogen-bond donors (Lipinski definition) is 1. The summed E-state index contributed by atoms with van der Waals surface area (Å²) in [6.45, 7) is 2.15. The van der Waals surface area contributed by atoms with Gasteiger partial charge in [-0.2, -0.15) is 0 Å². The van der Waals surface area contributed by atoms with E-state index in [4.69, 9.17) is 5.11 Å². The molecule has 0 heterocycles. The highest BCUT2D eigenvalue weighted by atomic mass is 16.5. The molecule has 1 aliphatic rings. The van der Waals surface area contributed by atoms with Crippen molar-refractivity contribution in [3.05, 3.63) is 0 Å². The molecule has 1 rings (SSSR count). The second-order valence-electron chi connectivity index (χ2n) is 3.84. The van der Waals surface area contributed by atoms with Gasteiger partial charge in [-0.05, 0) is 32.1 Å². The second-order valence-corrected chi connectivity index (χ2v) is 3.84. The molecule has 1 aliphatic carbocycles. The SMILES string of the molecule is COC(=O)C1(C)CC(CCO)C1. The lowest BCUT2D eigenvalue weighted by Gasteiger charge is -2.42. The molecular weight excluding hydrogens is 156 g/mol. The third-order valence-corrected chi connectivity index (χ3v) is 2.69. The Morgan fingerprint density at radius 3 is 2.67 bits per heavy atom. The standard InChI is InChI=1S/C9H16O3/c1-9(8(11)12-2)5-7(6-9)3-4-10/h7,10H,3-6H2,1-2H3. The first-order valence-corrected chi connectivity index (χ1v) is 4.31. The van der Waals surface area contributed by atoms with Crippen LogP contribution in [0.5, 0.6) is 0 Å². The van der Waals surface area contributed by atoms with Crippen molar-refractivity contribution in [1.29, 1.82) is 0 Å². The van der Waals surface area contributed by atoms with Crippen LogP contribution in [0.4, 0.5) is 0 Å². The maximum atomic E-state index is 11.2. The molecular formula is C9H16O3. The van der Waals surface area contributed by atoms with Crippen molar-refractivity contribution in [2.24, 2.45) is 11.3 Å². The number of esters is 1. The summed E-state index contributed by atoms with van der Waals surface area (Å²) in [6, 6.07) is 0. The number of ether oxygens (including phenoxy) is 1. The van der Waals surface area contributed by atoms with Crippen molar-refractivity contribution in [3.63, 3.8) is 0 Å². The van der Waals surface area contributed by atoms with E-state index in [2.05, 4.69) is 4.74 Å². The number of hydrogen-bond acceptors (Lipinski definition) is 3. The first-order valence-electron chi connectivity index (χ1n) is 4.31. The van der Waals surface area contributed by atoms with Crippen molar-refractivity contribution in [2.45, 2.75) is 26.2 Å². The molecule has 70 valence electrons. The average Bonchev–Trinajstić information content (AvgIpc) is 2.00. The average molecular weight is 172 g/mol. The topological polar surface area (TPSA) is 46.5 Å². The lowest BCUT2D eigenvalue weighted by molar-refractivity contribution is -0.160. The predicted molar refractivity (Wildman–Crippen MR) is 44.5 cm³/mol. The van der Waals surface area contributed by atoms with Gasteiger partial charge in [0.1, 0.15) is 0 Å². The third kappa shape index (κ3) is 1.61. The van der Waals surface area contributed by atoms with E-state index in [-0.39, 0.29) is 18.0 Å². The van der Waals surface area contributed by atoms with Gasteiger partial charge in [-0.25, -0.2) is 0 Å². The molecule has 0 spiro atoms. The van der Waals surface area contributed by atoms with E-state index in [1.807, 2.05) is 6.92 Å². The van der Waals surface area contributed by atoms with Crippen LogP contribution in [0.2, 0.25) is 0 Å². The summed E-state index contributed by atoms with van der Waals surface area (Å²) in [7, 11) is 1.42. The summed E-state index contributed by atoms with van der Waals surface area (Å²) in [4.78, 5) is 11.2. The molecule has 0 aromatic rings. The van der Waals surface area contributed by atoms with Crippen molar-refractivity contribution in [1.82, 2.24) is 0 Å². The smallest absolute Gasteiger partial charge is 0.311 e. The van der Waals surface area contributed by atoms with Crippen LogP contribution in [0.3, 0.4) is 0 Å². The molecule has 0 amide bonds. The van der Waals surface area contributed by atoms with E-state index in [9.17, 15) is 4.79 Å². The predicted octanol–water partition coefficient (Wildman–Crippen LogP) is 0.958. The van der Waals surface area contributed by atoms with Gasteiger partial charge < -0.3 is 9.84 Å². The monoisotopic (exact) mass is 172 g/mol. The van der Waals surface area contributed by atoms with E-state index in [1.54, 1.807) is 0 Å². The van der Waals surface area contributed by atoms with E-state index < -0.39 is 0 Å². The van der Waals surface area contributed by atoms with Gasteiger partial charge in [0.15, 0.2) is 0 Å². The molecule has 1 fully saturated rings. The summed E-state index contributed by atoms with van der Waals surface area (Å²) in [5.74, 6) is 0.399. The fourth-order valence-electron chi connectivity index (χ4n) is 2.01. The quantitative estimate of drug-likeness (QED) is 0.645. The van der Waals surface area contributed by atoms with Gasteiger partial charge in [0.05, 0.1) is 12.5 Å². The zero-order valence-corrected chi connectivity index (χ0v) is 7.67. The second kappa shape index (κ2) is 3.44. The Kier molecular flexibility index (Phi) is 2.73.